The molecule has 1 N–H and O–H groups in total. The van der Waals surface area contributed by atoms with E-state index in [9.17, 15) is 13.2 Å². The zero-order chi connectivity index (χ0) is 13.2. The van der Waals surface area contributed by atoms with Crippen LogP contribution >= 0.6 is 0 Å². The third kappa shape index (κ3) is 2.62. The summed E-state index contributed by atoms with van der Waals surface area (Å²) in [5.41, 5.74) is 0.611. The third-order valence-electron chi connectivity index (χ3n) is 2.65. The number of hydrogen-bond acceptors (Lipinski definition) is 4. The van der Waals surface area contributed by atoms with Gasteiger partial charge in [-0.1, -0.05) is 12.1 Å². The van der Waals surface area contributed by atoms with E-state index < -0.39 is 21.7 Å². The molecule has 98 valence electrons. The van der Waals surface area contributed by atoms with E-state index in [1.54, 1.807) is 24.3 Å². The zero-order valence-electron chi connectivity index (χ0n) is 9.92. The van der Waals surface area contributed by atoms with Gasteiger partial charge in [-0.3, -0.25) is 4.79 Å². The van der Waals surface area contributed by atoms with E-state index in [-0.39, 0.29) is 0 Å². The minimum absolute atomic E-state index is 0.356. The Morgan fingerprint density at radius 1 is 1.44 bits per heavy atom. The van der Waals surface area contributed by atoms with Gasteiger partial charge in [0.1, 0.15) is 18.1 Å². The molecule has 0 fully saturated rings. The molecule has 0 unspecified atom stereocenters. The summed E-state index contributed by atoms with van der Waals surface area (Å²) in [5, 5.41) is 0. The third-order valence-corrected chi connectivity index (χ3v) is 3.90. The van der Waals surface area contributed by atoms with Gasteiger partial charge in [-0.15, -0.1) is 0 Å². The summed E-state index contributed by atoms with van der Waals surface area (Å²) in [6.07, 6.45) is 0. The van der Waals surface area contributed by atoms with E-state index >= 15 is 0 Å². The normalized spacial score (nSPS) is 14.8. The molecule has 0 saturated carbocycles. The number of nitrogens with one attached hydrogen (secondary N) is 1. The molecule has 0 aromatic heterocycles. The fraction of sp³-hybridized carbons (Fsp3) is 0.364. The zero-order valence-corrected chi connectivity index (χ0v) is 10.7. The van der Waals surface area contributed by atoms with Crippen molar-refractivity contribution in [2.75, 3.05) is 30.9 Å². The van der Waals surface area contributed by atoms with E-state index in [4.69, 9.17) is 4.74 Å². The van der Waals surface area contributed by atoms with Crippen molar-refractivity contribution in [1.29, 1.82) is 0 Å². The lowest BCUT2D eigenvalue weighted by Gasteiger charge is -2.29. The van der Waals surface area contributed by atoms with Crippen molar-refractivity contribution in [2.24, 2.45) is 0 Å². The average molecular weight is 270 g/mol. The first kappa shape index (κ1) is 12.8. The van der Waals surface area contributed by atoms with Gasteiger partial charge >= 0.3 is 0 Å². The highest BCUT2D eigenvalue weighted by Gasteiger charge is 2.26. The number of nitrogens with zero attached hydrogens (tertiary/aromatic N) is 1. The number of hydrogen-bond donors (Lipinski definition) is 1. The smallest absolute Gasteiger partial charge is 0.243 e. The van der Waals surface area contributed by atoms with E-state index in [2.05, 4.69) is 4.72 Å². The van der Waals surface area contributed by atoms with Crippen LogP contribution in [0.3, 0.4) is 0 Å². The van der Waals surface area contributed by atoms with Crippen LogP contribution in [0.5, 0.6) is 5.75 Å². The molecule has 6 nitrogen and oxygen atoms in total. The number of fused-ring (bicyclic) bond motifs is 1. The van der Waals surface area contributed by atoms with Crippen LogP contribution in [0.25, 0.3) is 0 Å². The summed E-state index contributed by atoms with van der Waals surface area (Å²) in [4.78, 5) is 13.4. The van der Waals surface area contributed by atoms with Crippen LogP contribution in [0.1, 0.15) is 0 Å². The highest BCUT2D eigenvalue weighted by molar-refractivity contribution is 7.90. The van der Waals surface area contributed by atoms with Gasteiger partial charge in [0, 0.05) is 0 Å². The Labute approximate surface area is 106 Å². The molecule has 1 aromatic carbocycles. The van der Waals surface area contributed by atoms with Crippen molar-refractivity contribution in [3.05, 3.63) is 24.3 Å². The van der Waals surface area contributed by atoms with Gasteiger partial charge in [-0.05, 0) is 19.2 Å². The maximum atomic E-state index is 12.0. The van der Waals surface area contributed by atoms with Crippen LogP contribution in [0.2, 0.25) is 0 Å². The Morgan fingerprint density at radius 3 is 2.89 bits per heavy atom. The number of sulfonamides is 1. The molecule has 0 bridgehead atoms. The number of anilines is 1. The monoisotopic (exact) mass is 270 g/mol. The van der Waals surface area contributed by atoms with E-state index in [1.165, 1.54) is 11.9 Å². The number of rotatable bonds is 3. The molecule has 0 atom stereocenters. The quantitative estimate of drug-likeness (QED) is 0.836. The highest BCUT2D eigenvalue weighted by atomic mass is 32.2. The van der Waals surface area contributed by atoms with Crippen molar-refractivity contribution in [1.82, 2.24) is 4.72 Å². The molecule has 1 aliphatic heterocycles. The lowest BCUT2D eigenvalue weighted by atomic mass is 10.2. The second kappa shape index (κ2) is 4.95. The topological polar surface area (TPSA) is 75.7 Å². The van der Waals surface area contributed by atoms with E-state index in [1.807, 2.05) is 0 Å². The molecular formula is C11H14N2O4S. The molecule has 1 aliphatic rings. The molecule has 18 heavy (non-hydrogen) atoms. The highest BCUT2D eigenvalue weighted by Crippen LogP contribution is 2.30. The van der Waals surface area contributed by atoms with Crippen molar-refractivity contribution in [2.45, 2.75) is 0 Å². The van der Waals surface area contributed by atoms with Crippen LogP contribution in [-0.4, -0.2) is 40.3 Å². The molecule has 0 radical (unpaired) electrons. The molecule has 0 aliphatic carbocycles. The van der Waals surface area contributed by atoms with Gasteiger partial charge in [0.15, 0.2) is 0 Å². The largest absolute Gasteiger partial charge is 0.490 e. The van der Waals surface area contributed by atoms with Crippen LogP contribution in [0.15, 0.2) is 24.3 Å². The molecule has 7 heteroatoms. The Morgan fingerprint density at radius 2 is 2.17 bits per heavy atom. The van der Waals surface area contributed by atoms with Crippen molar-refractivity contribution >= 4 is 21.6 Å². The van der Waals surface area contributed by atoms with Gasteiger partial charge < -0.3 is 9.64 Å². The van der Waals surface area contributed by atoms with Crippen LogP contribution in [0, 0.1) is 0 Å². The fourth-order valence-corrected chi connectivity index (χ4v) is 2.37. The number of carbonyl (C=O) groups is 1. The summed E-state index contributed by atoms with van der Waals surface area (Å²) in [6.45, 7) is 0.720. The van der Waals surface area contributed by atoms with Gasteiger partial charge in [0.05, 0.1) is 12.2 Å². The lowest BCUT2D eigenvalue weighted by molar-refractivity contribution is -0.116. The lowest BCUT2D eigenvalue weighted by Crippen LogP contribution is -2.42. The summed E-state index contributed by atoms with van der Waals surface area (Å²) in [6, 6.07) is 7.07. The Bertz CT molecular complexity index is 556. The maximum absolute atomic E-state index is 12.0. The summed E-state index contributed by atoms with van der Waals surface area (Å²) < 4.78 is 30.3. The Hall–Kier alpha value is -1.60. The fourth-order valence-electron chi connectivity index (χ4n) is 1.74. The van der Waals surface area contributed by atoms with Crippen LogP contribution in [-0.2, 0) is 14.8 Å². The summed E-state index contributed by atoms with van der Waals surface area (Å²) in [7, 11) is -2.27. The number of para-hydroxylation sites is 2. The molecular weight excluding hydrogens is 256 g/mol. The number of amides is 1. The van der Waals surface area contributed by atoms with Gasteiger partial charge in [-0.2, -0.15) is 0 Å². The molecule has 0 saturated heterocycles. The van der Waals surface area contributed by atoms with Crippen LogP contribution < -0.4 is 14.4 Å². The second-order valence-corrected chi connectivity index (χ2v) is 5.75. The van der Waals surface area contributed by atoms with Crippen molar-refractivity contribution in [3.63, 3.8) is 0 Å². The molecule has 1 heterocycles. The van der Waals surface area contributed by atoms with Crippen molar-refractivity contribution < 1.29 is 17.9 Å². The number of carbonyl (C=O) groups excluding carboxylic acids is 1. The Kier molecular flexibility index (Phi) is 3.53. The molecule has 1 amide bonds. The maximum Gasteiger partial charge on any atom is 0.243 e. The molecule has 2 rings (SSSR count). The Balaban J connectivity index is 2.23. The average Bonchev–Trinajstić information content (AvgIpc) is 2.37. The first-order valence-corrected chi connectivity index (χ1v) is 7.12. The summed E-state index contributed by atoms with van der Waals surface area (Å²) >= 11 is 0. The van der Waals surface area contributed by atoms with Crippen molar-refractivity contribution in [3.8, 4) is 5.75 Å². The SMILES string of the molecule is CNS(=O)(=O)CC(=O)N1CCOc2ccccc21. The van der Waals surface area contributed by atoms with Gasteiger partial charge in [-0.25, -0.2) is 13.1 Å². The van der Waals surface area contributed by atoms with Crippen LogP contribution in [0.4, 0.5) is 5.69 Å². The first-order valence-electron chi connectivity index (χ1n) is 5.47. The van der Waals surface area contributed by atoms with Gasteiger partial charge in [0.25, 0.3) is 0 Å². The number of ether oxygens (including phenoxy) is 1. The van der Waals surface area contributed by atoms with E-state index in [0.29, 0.717) is 24.6 Å². The second-order valence-electron chi connectivity index (χ2n) is 3.82. The molecule has 0 spiro atoms. The predicted molar refractivity (Wildman–Crippen MR) is 67.1 cm³/mol. The van der Waals surface area contributed by atoms with Gasteiger partial charge in [0.2, 0.25) is 15.9 Å². The summed E-state index contributed by atoms with van der Waals surface area (Å²) in [5.74, 6) is -0.420. The minimum atomic E-state index is -3.55. The molecule has 1 aromatic rings. The first-order chi connectivity index (χ1) is 8.53. The van der Waals surface area contributed by atoms with E-state index in [0.717, 1.165) is 0 Å². The number of benzene rings is 1. The standard InChI is InChI=1S/C11H14N2O4S/c1-12-18(15,16)8-11(14)13-6-7-17-10-5-3-2-4-9(10)13/h2-5,12H,6-8H2,1H3. The minimum Gasteiger partial charge on any atom is -0.490 e. The predicted octanol–water partition coefficient (Wildman–Crippen LogP) is -0.0388.